The Kier molecular flexibility index (Phi) is 7.91. The Labute approximate surface area is 232 Å². The summed E-state index contributed by atoms with van der Waals surface area (Å²) in [6, 6.07) is 20.2. The minimum absolute atomic E-state index is 0.0302. The van der Waals surface area contributed by atoms with E-state index in [0.717, 1.165) is 16.8 Å². The second kappa shape index (κ2) is 11.7. The van der Waals surface area contributed by atoms with Crippen molar-refractivity contribution in [1.29, 1.82) is 0 Å². The molecule has 0 aliphatic carbocycles. The number of halogens is 1. The molecule has 1 unspecified atom stereocenters. The van der Waals surface area contributed by atoms with E-state index in [9.17, 15) is 14.7 Å². The highest BCUT2D eigenvalue weighted by Gasteiger charge is 2.28. The minimum Gasteiger partial charge on any atom is -0.481 e. The zero-order chi connectivity index (χ0) is 28.2. The van der Waals surface area contributed by atoms with Crippen LogP contribution in [0.4, 0.5) is 10.1 Å². The molecule has 1 saturated heterocycles. The van der Waals surface area contributed by atoms with E-state index in [4.69, 9.17) is 4.52 Å². The van der Waals surface area contributed by atoms with Crippen molar-refractivity contribution in [2.24, 2.45) is 5.92 Å². The standard InChI is InChI=1S/C31H31FN4O4/c1-20-3-8-23(9-4-20)30-33-29(34-40-30)26-12-7-22(18-27(26)32)17-24(31(38)39)19-28(37)36-15-13-35(14-16-36)25-10-5-21(2)6-11-25/h3-12,18,24H,13-17,19H2,1-2H3,(H,38,39). The number of carbonyl (C=O) groups excluding carboxylic acids is 1. The summed E-state index contributed by atoms with van der Waals surface area (Å²) in [4.78, 5) is 33.2. The number of hydrogen-bond donors (Lipinski definition) is 1. The van der Waals surface area contributed by atoms with Crippen LogP contribution in [-0.4, -0.2) is 58.2 Å². The summed E-state index contributed by atoms with van der Waals surface area (Å²) >= 11 is 0. The molecule has 206 valence electrons. The number of amides is 1. The van der Waals surface area contributed by atoms with Gasteiger partial charge in [0, 0.05) is 43.9 Å². The molecule has 40 heavy (non-hydrogen) atoms. The number of aromatic nitrogens is 2. The van der Waals surface area contributed by atoms with Crippen LogP contribution in [0.5, 0.6) is 0 Å². The van der Waals surface area contributed by atoms with Crippen LogP contribution in [-0.2, 0) is 16.0 Å². The van der Waals surface area contributed by atoms with Gasteiger partial charge in [-0.05, 0) is 62.2 Å². The van der Waals surface area contributed by atoms with E-state index >= 15 is 4.39 Å². The average Bonchev–Trinajstić information content (AvgIpc) is 3.43. The van der Waals surface area contributed by atoms with Crippen LogP contribution >= 0.6 is 0 Å². The number of hydrogen-bond acceptors (Lipinski definition) is 6. The number of piperazine rings is 1. The van der Waals surface area contributed by atoms with Gasteiger partial charge in [0.2, 0.25) is 11.7 Å². The molecule has 1 aromatic heterocycles. The van der Waals surface area contributed by atoms with Gasteiger partial charge in [-0.3, -0.25) is 9.59 Å². The predicted molar refractivity (Wildman–Crippen MR) is 149 cm³/mol. The number of carbonyl (C=O) groups is 2. The first kappa shape index (κ1) is 27.1. The fourth-order valence-corrected chi connectivity index (χ4v) is 4.85. The Bertz CT molecular complexity index is 1490. The first-order valence-electron chi connectivity index (χ1n) is 13.3. The van der Waals surface area contributed by atoms with Crippen molar-refractivity contribution in [1.82, 2.24) is 15.0 Å². The molecule has 1 atom stereocenters. The van der Waals surface area contributed by atoms with Gasteiger partial charge in [0.25, 0.3) is 5.89 Å². The van der Waals surface area contributed by atoms with Gasteiger partial charge in [-0.1, -0.05) is 46.6 Å². The number of anilines is 1. The van der Waals surface area contributed by atoms with Crippen molar-refractivity contribution in [3.05, 3.63) is 89.2 Å². The van der Waals surface area contributed by atoms with E-state index in [1.807, 2.05) is 38.1 Å². The Morgan fingerprint density at radius 2 is 1.60 bits per heavy atom. The largest absolute Gasteiger partial charge is 0.481 e. The van der Waals surface area contributed by atoms with Crippen LogP contribution in [0, 0.1) is 25.6 Å². The molecule has 1 N–H and O–H groups in total. The number of nitrogens with zero attached hydrogens (tertiary/aromatic N) is 4. The summed E-state index contributed by atoms with van der Waals surface area (Å²) in [5, 5.41) is 13.7. The molecule has 8 nitrogen and oxygen atoms in total. The molecule has 0 spiro atoms. The molecule has 4 aromatic rings. The molecule has 0 radical (unpaired) electrons. The monoisotopic (exact) mass is 542 g/mol. The van der Waals surface area contributed by atoms with Crippen LogP contribution < -0.4 is 4.90 Å². The average molecular weight is 543 g/mol. The quantitative estimate of drug-likeness (QED) is 0.329. The highest BCUT2D eigenvalue weighted by molar-refractivity contribution is 5.82. The zero-order valence-electron chi connectivity index (χ0n) is 22.5. The number of aryl methyl sites for hydroxylation is 2. The maximum atomic E-state index is 15.1. The summed E-state index contributed by atoms with van der Waals surface area (Å²) in [5.74, 6) is -2.46. The topological polar surface area (TPSA) is 99.8 Å². The molecule has 1 aliphatic rings. The minimum atomic E-state index is -1.09. The van der Waals surface area contributed by atoms with E-state index < -0.39 is 17.7 Å². The lowest BCUT2D eigenvalue weighted by molar-refractivity contribution is -0.146. The van der Waals surface area contributed by atoms with Crippen molar-refractivity contribution in [2.75, 3.05) is 31.1 Å². The lowest BCUT2D eigenvalue weighted by Crippen LogP contribution is -2.49. The van der Waals surface area contributed by atoms with Crippen LogP contribution in [0.15, 0.2) is 71.3 Å². The molecule has 9 heteroatoms. The zero-order valence-corrected chi connectivity index (χ0v) is 22.5. The van der Waals surface area contributed by atoms with Crippen LogP contribution in [0.25, 0.3) is 22.8 Å². The van der Waals surface area contributed by atoms with Gasteiger partial charge in [-0.15, -0.1) is 0 Å². The lowest BCUT2D eigenvalue weighted by Gasteiger charge is -2.36. The maximum Gasteiger partial charge on any atom is 0.307 e. The van der Waals surface area contributed by atoms with E-state index in [1.54, 1.807) is 11.0 Å². The molecule has 2 heterocycles. The van der Waals surface area contributed by atoms with Gasteiger partial charge < -0.3 is 19.4 Å². The molecular weight excluding hydrogens is 511 g/mol. The molecule has 1 fully saturated rings. The SMILES string of the molecule is Cc1ccc(-c2nc(-c3ccc(CC(CC(=O)N4CCN(c5ccc(C)cc5)CC4)C(=O)O)cc3F)no2)cc1. The number of carboxylic acids is 1. The predicted octanol–water partition coefficient (Wildman–Crippen LogP) is 5.14. The molecule has 0 bridgehead atoms. The first-order valence-corrected chi connectivity index (χ1v) is 13.3. The Hall–Kier alpha value is -4.53. The van der Waals surface area contributed by atoms with Crippen molar-refractivity contribution in [3.8, 4) is 22.8 Å². The summed E-state index contributed by atoms with van der Waals surface area (Å²) in [6.07, 6.45) is -0.115. The van der Waals surface area contributed by atoms with Crippen LogP contribution in [0.1, 0.15) is 23.1 Å². The van der Waals surface area contributed by atoms with Crippen LogP contribution in [0.3, 0.4) is 0 Å². The van der Waals surface area contributed by atoms with Gasteiger partial charge in [-0.25, -0.2) is 4.39 Å². The molecule has 5 rings (SSSR count). The van der Waals surface area contributed by atoms with Gasteiger partial charge in [0.15, 0.2) is 0 Å². The van der Waals surface area contributed by atoms with Crippen LogP contribution in [0.2, 0.25) is 0 Å². The van der Waals surface area contributed by atoms with E-state index in [0.29, 0.717) is 31.7 Å². The number of benzene rings is 3. The van der Waals surface area contributed by atoms with E-state index in [1.165, 1.54) is 17.7 Å². The van der Waals surface area contributed by atoms with Crippen molar-refractivity contribution >= 4 is 17.6 Å². The fourth-order valence-electron chi connectivity index (χ4n) is 4.85. The lowest BCUT2D eigenvalue weighted by atomic mass is 9.94. The first-order chi connectivity index (χ1) is 19.3. The van der Waals surface area contributed by atoms with E-state index in [2.05, 4.69) is 39.3 Å². The molecular formula is C31H31FN4O4. The summed E-state index contributed by atoms with van der Waals surface area (Å²) in [6.45, 7) is 6.42. The number of carboxylic acid groups (broad SMARTS) is 1. The maximum absolute atomic E-state index is 15.1. The van der Waals surface area contributed by atoms with Crippen molar-refractivity contribution in [3.63, 3.8) is 0 Å². The van der Waals surface area contributed by atoms with Gasteiger partial charge in [0.1, 0.15) is 5.82 Å². The number of rotatable bonds is 8. The van der Waals surface area contributed by atoms with Gasteiger partial charge in [-0.2, -0.15) is 4.98 Å². The Balaban J connectivity index is 1.20. The molecule has 1 amide bonds. The third-order valence-corrected chi connectivity index (χ3v) is 7.28. The number of aliphatic carboxylic acids is 1. The normalized spacial score (nSPS) is 14.3. The Morgan fingerprint density at radius 3 is 2.23 bits per heavy atom. The second-order valence-electron chi connectivity index (χ2n) is 10.3. The summed E-state index contributed by atoms with van der Waals surface area (Å²) < 4.78 is 20.4. The molecule has 1 aliphatic heterocycles. The van der Waals surface area contributed by atoms with Gasteiger partial charge in [0.05, 0.1) is 11.5 Å². The third-order valence-electron chi connectivity index (χ3n) is 7.28. The smallest absolute Gasteiger partial charge is 0.307 e. The summed E-state index contributed by atoms with van der Waals surface area (Å²) in [7, 11) is 0. The second-order valence-corrected chi connectivity index (χ2v) is 10.3. The highest BCUT2D eigenvalue weighted by atomic mass is 19.1. The third kappa shape index (κ3) is 6.20. The highest BCUT2D eigenvalue weighted by Crippen LogP contribution is 2.26. The Morgan fingerprint density at radius 1 is 0.950 bits per heavy atom. The summed E-state index contributed by atoms with van der Waals surface area (Å²) in [5.41, 5.74) is 4.75. The fraction of sp³-hybridized carbons (Fsp3) is 0.290. The molecule has 0 saturated carbocycles. The van der Waals surface area contributed by atoms with Crippen molar-refractivity contribution < 1.29 is 23.6 Å². The molecule has 3 aromatic carbocycles. The van der Waals surface area contributed by atoms with Gasteiger partial charge >= 0.3 is 5.97 Å². The van der Waals surface area contributed by atoms with Crippen molar-refractivity contribution in [2.45, 2.75) is 26.7 Å². The van der Waals surface area contributed by atoms with E-state index in [-0.39, 0.29) is 36.0 Å².